The van der Waals surface area contributed by atoms with Gasteiger partial charge < -0.3 is 10.6 Å². The SMILES string of the molecule is C[C@H](NC(=O)NCc1ccc(S(N)(=O)=O)cc1)c1ccccc1F. The van der Waals surface area contributed by atoms with Crippen LogP contribution in [0.2, 0.25) is 0 Å². The van der Waals surface area contributed by atoms with Crippen LogP contribution in [0.5, 0.6) is 0 Å². The molecule has 2 amide bonds. The van der Waals surface area contributed by atoms with E-state index in [1.54, 1.807) is 37.3 Å². The lowest BCUT2D eigenvalue weighted by Crippen LogP contribution is -2.36. The molecule has 0 aliphatic heterocycles. The summed E-state index contributed by atoms with van der Waals surface area (Å²) < 4.78 is 36.0. The van der Waals surface area contributed by atoms with E-state index in [1.165, 1.54) is 18.2 Å². The summed E-state index contributed by atoms with van der Waals surface area (Å²) in [7, 11) is -3.74. The van der Waals surface area contributed by atoms with Crippen LogP contribution in [0.3, 0.4) is 0 Å². The summed E-state index contributed by atoms with van der Waals surface area (Å²) in [6.45, 7) is 1.87. The molecule has 2 aromatic carbocycles. The molecule has 0 saturated heterocycles. The summed E-state index contributed by atoms with van der Waals surface area (Å²) >= 11 is 0. The van der Waals surface area contributed by atoms with Gasteiger partial charge in [-0.25, -0.2) is 22.7 Å². The number of rotatable bonds is 5. The Morgan fingerprint density at radius 1 is 1.17 bits per heavy atom. The van der Waals surface area contributed by atoms with Crippen molar-refractivity contribution < 1.29 is 17.6 Å². The van der Waals surface area contributed by atoms with Crippen LogP contribution in [0.25, 0.3) is 0 Å². The van der Waals surface area contributed by atoms with Gasteiger partial charge in [0.15, 0.2) is 0 Å². The Morgan fingerprint density at radius 3 is 2.38 bits per heavy atom. The summed E-state index contributed by atoms with van der Waals surface area (Å²) in [4.78, 5) is 11.9. The van der Waals surface area contributed by atoms with Crippen LogP contribution in [0.15, 0.2) is 53.4 Å². The number of amides is 2. The second-order valence-electron chi connectivity index (χ2n) is 5.26. The highest BCUT2D eigenvalue weighted by atomic mass is 32.2. The minimum atomic E-state index is -3.74. The number of nitrogens with one attached hydrogen (secondary N) is 2. The van der Waals surface area contributed by atoms with E-state index < -0.39 is 22.1 Å². The molecule has 8 heteroatoms. The van der Waals surface area contributed by atoms with Crippen LogP contribution in [-0.4, -0.2) is 14.4 Å². The number of carbonyl (C=O) groups is 1. The summed E-state index contributed by atoms with van der Waals surface area (Å²) in [5.41, 5.74) is 1.10. The van der Waals surface area contributed by atoms with E-state index in [4.69, 9.17) is 5.14 Å². The van der Waals surface area contributed by atoms with Crippen molar-refractivity contribution in [2.24, 2.45) is 5.14 Å². The zero-order valence-electron chi connectivity index (χ0n) is 13.0. The summed E-state index contributed by atoms with van der Waals surface area (Å²) in [5, 5.41) is 10.3. The zero-order chi connectivity index (χ0) is 17.7. The highest BCUT2D eigenvalue weighted by molar-refractivity contribution is 7.89. The molecule has 0 heterocycles. The van der Waals surface area contributed by atoms with Crippen LogP contribution < -0.4 is 15.8 Å². The first-order valence-electron chi connectivity index (χ1n) is 7.18. The first-order chi connectivity index (χ1) is 11.3. The van der Waals surface area contributed by atoms with Gasteiger partial charge in [-0.3, -0.25) is 0 Å². The standard InChI is InChI=1S/C16H18FN3O3S/c1-11(14-4-2-3-5-15(14)17)20-16(21)19-10-12-6-8-13(9-7-12)24(18,22)23/h2-9,11H,10H2,1H3,(H2,18,22,23)(H2,19,20,21)/t11-/m0/s1. The predicted molar refractivity (Wildman–Crippen MR) is 88.0 cm³/mol. The summed E-state index contributed by atoms with van der Waals surface area (Å²) in [5.74, 6) is -0.385. The van der Waals surface area contributed by atoms with E-state index in [2.05, 4.69) is 10.6 Å². The number of hydrogen-bond donors (Lipinski definition) is 3. The maximum Gasteiger partial charge on any atom is 0.315 e. The second-order valence-corrected chi connectivity index (χ2v) is 6.82. The minimum absolute atomic E-state index is 0.00359. The Balaban J connectivity index is 1.90. The first-order valence-corrected chi connectivity index (χ1v) is 8.72. The van der Waals surface area contributed by atoms with Crippen LogP contribution >= 0.6 is 0 Å². The van der Waals surface area contributed by atoms with E-state index >= 15 is 0 Å². The molecule has 0 aliphatic carbocycles. The molecule has 2 aromatic rings. The van der Waals surface area contributed by atoms with Crippen molar-refractivity contribution >= 4 is 16.1 Å². The third-order valence-electron chi connectivity index (χ3n) is 3.42. The number of sulfonamides is 1. The van der Waals surface area contributed by atoms with Crippen molar-refractivity contribution in [1.29, 1.82) is 0 Å². The van der Waals surface area contributed by atoms with Crippen LogP contribution in [0.1, 0.15) is 24.1 Å². The molecule has 0 aliphatic rings. The van der Waals surface area contributed by atoms with Gasteiger partial charge in [-0.2, -0.15) is 0 Å². The maximum absolute atomic E-state index is 13.6. The molecule has 2 rings (SSSR count). The Morgan fingerprint density at radius 2 is 1.79 bits per heavy atom. The lowest BCUT2D eigenvalue weighted by Gasteiger charge is -2.15. The van der Waals surface area contributed by atoms with Gasteiger partial charge in [-0.15, -0.1) is 0 Å². The topological polar surface area (TPSA) is 101 Å². The van der Waals surface area contributed by atoms with Gasteiger partial charge in [-0.05, 0) is 30.7 Å². The molecule has 0 unspecified atom stereocenters. The molecular formula is C16H18FN3O3S. The average Bonchev–Trinajstić information content (AvgIpc) is 2.53. The molecule has 4 N–H and O–H groups in total. The van der Waals surface area contributed by atoms with Crippen molar-refractivity contribution in [2.45, 2.75) is 24.4 Å². The average molecular weight is 351 g/mol. The van der Waals surface area contributed by atoms with Gasteiger partial charge in [0, 0.05) is 12.1 Å². The Bertz CT molecular complexity index is 823. The molecule has 0 saturated carbocycles. The number of carbonyl (C=O) groups excluding carboxylic acids is 1. The Hall–Kier alpha value is -2.45. The van der Waals surface area contributed by atoms with Gasteiger partial charge in [0.1, 0.15) is 5.82 Å². The van der Waals surface area contributed by atoms with Crippen molar-refractivity contribution in [1.82, 2.24) is 10.6 Å². The van der Waals surface area contributed by atoms with Gasteiger partial charge >= 0.3 is 6.03 Å². The van der Waals surface area contributed by atoms with Gasteiger partial charge in [0.05, 0.1) is 10.9 Å². The van der Waals surface area contributed by atoms with Crippen LogP contribution in [0.4, 0.5) is 9.18 Å². The number of urea groups is 1. The van der Waals surface area contributed by atoms with Crippen LogP contribution in [-0.2, 0) is 16.6 Å². The van der Waals surface area contributed by atoms with Crippen molar-refractivity contribution in [3.63, 3.8) is 0 Å². The number of benzene rings is 2. The lowest BCUT2D eigenvalue weighted by atomic mass is 10.1. The zero-order valence-corrected chi connectivity index (χ0v) is 13.8. The quantitative estimate of drug-likeness (QED) is 0.768. The molecule has 128 valence electrons. The molecule has 0 radical (unpaired) electrons. The first kappa shape index (κ1) is 17.9. The number of nitrogens with two attached hydrogens (primary N) is 1. The monoisotopic (exact) mass is 351 g/mol. The lowest BCUT2D eigenvalue weighted by molar-refractivity contribution is 0.237. The fourth-order valence-corrected chi connectivity index (χ4v) is 2.65. The molecular weight excluding hydrogens is 333 g/mol. The highest BCUT2D eigenvalue weighted by Gasteiger charge is 2.13. The molecule has 0 bridgehead atoms. The summed E-state index contributed by atoms with van der Waals surface area (Å²) in [6, 6.07) is 11.1. The molecule has 0 fully saturated rings. The Kier molecular flexibility index (Phi) is 5.53. The largest absolute Gasteiger partial charge is 0.334 e. The van der Waals surface area contributed by atoms with Crippen molar-refractivity contribution in [3.8, 4) is 0 Å². The van der Waals surface area contributed by atoms with Gasteiger partial charge in [0.25, 0.3) is 0 Å². The third-order valence-corrected chi connectivity index (χ3v) is 4.35. The Labute approximate surface area is 139 Å². The fraction of sp³-hybridized carbons (Fsp3) is 0.188. The number of hydrogen-bond acceptors (Lipinski definition) is 3. The predicted octanol–water partition coefficient (Wildman–Crippen LogP) is 2.03. The fourth-order valence-electron chi connectivity index (χ4n) is 2.13. The highest BCUT2D eigenvalue weighted by Crippen LogP contribution is 2.15. The molecule has 1 atom stereocenters. The number of halogens is 1. The third kappa shape index (κ3) is 4.77. The van der Waals surface area contributed by atoms with E-state index in [0.717, 1.165) is 0 Å². The minimum Gasteiger partial charge on any atom is -0.334 e. The normalized spacial score (nSPS) is 12.5. The summed E-state index contributed by atoms with van der Waals surface area (Å²) in [6.07, 6.45) is 0. The van der Waals surface area contributed by atoms with E-state index in [-0.39, 0.29) is 17.3 Å². The van der Waals surface area contributed by atoms with E-state index in [9.17, 15) is 17.6 Å². The van der Waals surface area contributed by atoms with E-state index in [0.29, 0.717) is 11.1 Å². The molecule has 0 spiro atoms. The smallest absolute Gasteiger partial charge is 0.315 e. The van der Waals surface area contributed by atoms with Gasteiger partial charge in [0.2, 0.25) is 10.0 Å². The second kappa shape index (κ2) is 7.41. The van der Waals surface area contributed by atoms with Crippen molar-refractivity contribution in [3.05, 3.63) is 65.5 Å². The molecule has 6 nitrogen and oxygen atoms in total. The number of primary sulfonamides is 1. The molecule has 24 heavy (non-hydrogen) atoms. The van der Waals surface area contributed by atoms with Crippen molar-refractivity contribution in [2.75, 3.05) is 0 Å². The van der Waals surface area contributed by atoms with E-state index in [1.807, 2.05) is 0 Å². The molecule has 0 aromatic heterocycles. The van der Waals surface area contributed by atoms with Gasteiger partial charge in [-0.1, -0.05) is 30.3 Å². The maximum atomic E-state index is 13.6. The van der Waals surface area contributed by atoms with Crippen LogP contribution in [0, 0.1) is 5.82 Å².